The molecular formula is C18H20BrNO6S. The Hall–Kier alpha value is -2.26. The Morgan fingerprint density at radius 3 is 2.30 bits per heavy atom. The Morgan fingerprint density at radius 1 is 1.07 bits per heavy atom. The van der Waals surface area contributed by atoms with E-state index in [1.54, 1.807) is 31.2 Å². The molecule has 0 bridgehead atoms. The van der Waals surface area contributed by atoms with Gasteiger partial charge in [-0.2, -0.15) is 0 Å². The lowest BCUT2D eigenvalue weighted by molar-refractivity contribution is -0.141. The van der Waals surface area contributed by atoms with Crippen LogP contribution in [0, 0.1) is 0 Å². The molecule has 0 aromatic heterocycles. The first kappa shape index (κ1) is 21.0. The van der Waals surface area contributed by atoms with Crippen molar-refractivity contribution in [3.05, 3.63) is 46.9 Å². The number of rotatable bonds is 8. The van der Waals surface area contributed by atoms with Crippen LogP contribution in [0.3, 0.4) is 0 Å². The molecule has 0 spiro atoms. The lowest BCUT2D eigenvalue weighted by Crippen LogP contribution is -2.37. The third kappa shape index (κ3) is 4.92. The van der Waals surface area contributed by atoms with Gasteiger partial charge in [-0.1, -0.05) is 15.9 Å². The van der Waals surface area contributed by atoms with Gasteiger partial charge >= 0.3 is 5.97 Å². The fraction of sp³-hybridized carbons (Fsp3) is 0.278. The number of hydrogen-bond donors (Lipinski definition) is 0. The summed E-state index contributed by atoms with van der Waals surface area (Å²) >= 11 is 3.28. The van der Waals surface area contributed by atoms with Crippen LogP contribution in [0.1, 0.15) is 6.92 Å². The van der Waals surface area contributed by atoms with Crippen LogP contribution in [0.5, 0.6) is 11.5 Å². The van der Waals surface area contributed by atoms with Crippen LogP contribution >= 0.6 is 15.9 Å². The van der Waals surface area contributed by atoms with E-state index < -0.39 is 22.5 Å². The SMILES string of the molecule is CCOC(=O)CN(c1cc(OC)ccc1OC)S(=O)(=O)c1ccc(Br)cc1. The third-order valence-electron chi connectivity index (χ3n) is 3.63. The van der Waals surface area contributed by atoms with Gasteiger partial charge in [0.05, 0.1) is 31.4 Å². The summed E-state index contributed by atoms with van der Waals surface area (Å²) in [6.45, 7) is 1.29. The molecule has 0 N–H and O–H groups in total. The second-order valence-corrected chi connectivity index (χ2v) is 8.09. The van der Waals surface area contributed by atoms with Crippen molar-refractivity contribution in [1.29, 1.82) is 0 Å². The zero-order valence-corrected chi connectivity index (χ0v) is 17.5. The van der Waals surface area contributed by atoms with E-state index in [9.17, 15) is 13.2 Å². The van der Waals surface area contributed by atoms with E-state index in [2.05, 4.69) is 15.9 Å². The van der Waals surface area contributed by atoms with E-state index in [1.165, 1.54) is 32.4 Å². The zero-order chi connectivity index (χ0) is 20.0. The zero-order valence-electron chi connectivity index (χ0n) is 15.1. The predicted molar refractivity (Wildman–Crippen MR) is 105 cm³/mol. The van der Waals surface area contributed by atoms with E-state index in [-0.39, 0.29) is 22.9 Å². The maximum atomic E-state index is 13.3. The van der Waals surface area contributed by atoms with Crippen molar-refractivity contribution in [2.45, 2.75) is 11.8 Å². The Balaban J connectivity index is 2.61. The number of sulfonamides is 1. The second kappa shape index (κ2) is 9.09. The molecule has 0 atom stereocenters. The van der Waals surface area contributed by atoms with Gasteiger partial charge in [0.15, 0.2) is 0 Å². The van der Waals surface area contributed by atoms with Crippen molar-refractivity contribution in [3.63, 3.8) is 0 Å². The predicted octanol–water partition coefficient (Wildman–Crippen LogP) is 3.22. The number of halogens is 1. The summed E-state index contributed by atoms with van der Waals surface area (Å²) in [7, 11) is -1.19. The number of nitrogens with zero attached hydrogens (tertiary/aromatic N) is 1. The number of anilines is 1. The van der Waals surface area contributed by atoms with Crippen LogP contribution in [0.25, 0.3) is 0 Å². The molecule has 2 aromatic carbocycles. The van der Waals surface area contributed by atoms with E-state index in [4.69, 9.17) is 14.2 Å². The summed E-state index contributed by atoms with van der Waals surface area (Å²) in [5.74, 6) is 0.0227. The first-order chi connectivity index (χ1) is 12.8. The fourth-order valence-corrected chi connectivity index (χ4v) is 4.02. The molecule has 146 valence electrons. The molecule has 0 aliphatic heterocycles. The van der Waals surface area contributed by atoms with Crippen molar-refractivity contribution < 1.29 is 27.4 Å². The quantitative estimate of drug-likeness (QED) is 0.565. The average molecular weight is 458 g/mol. The number of carbonyl (C=O) groups excluding carboxylic acids is 1. The fourth-order valence-electron chi connectivity index (χ4n) is 2.35. The topological polar surface area (TPSA) is 82.1 Å². The molecule has 27 heavy (non-hydrogen) atoms. The van der Waals surface area contributed by atoms with Crippen LogP contribution in [0.2, 0.25) is 0 Å². The number of ether oxygens (including phenoxy) is 3. The number of esters is 1. The van der Waals surface area contributed by atoms with E-state index in [1.807, 2.05) is 0 Å². The highest BCUT2D eigenvalue weighted by Crippen LogP contribution is 2.35. The minimum atomic E-state index is -4.07. The molecule has 0 saturated heterocycles. The summed E-state index contributed by atoms with van der Waals surface area (Å²) in [4.78, 5) is 12.1. The molecule has 0 unspecified atom stereocenters. The first-order valence-electron chi connectivity index (χ1n) is 7.99. The Morgan fingerprint density at radius 2 is 1.74 bits per heavy atom. The number of hydrogen-bond acceptors (Lipinski definition) is 6. The molecule has 2 aromatic rings. The summed E-state index contributed by atoms with van der Waals surface area (Å²) in [6, 6.07) is 10.8. The van der Waals surface area contributed by atoms with Gasteiger partial charge < -0.3 is 14.2 Å². The summed E-state index contributed by atoms with van der Waals surface area (Å²) < 4.78 is 43.6. The minimum absolute atomic E-state index is 0.0277. The molecule has 2 rings (SSSR count). The molecule has 9 heteroatoms. The average Bonchev–Trinajstić information content (AvgIpc) is 2.66. The summed E-state index contributed by atoms with van der Waals surface area (Å²) in [5, 5.41) is 0. The van der Waals surface area contributed by atoms with Crippen LogP contribution < -0.4 is 13.8 Å². The maximum absolute atomic E-state index is 13.3. The monoisotopic (exact) mass is 457 g/mol. The summed E-state index contributed by atoms with van der Waals surface area (Å²) in [6.07, 6.45) is 0. The normalized spacial score (nSPS) is 11.0. The number of methoxy groups -OCH3 is 2. The molecule has 0 aliphatic rings. The van der Waals surface area contributed by atoms with Crippen LogP contribution in [0.15, 0.2) is 51.8 Å². The first-order valence-corrected chi connectivity index (χ1v) is 10.2. The van der Waals surface area contributed by atoms with Gasteiger partial charge in [0.1, 0.15) is 18.0 Å². The number of benzene rings is 2. The molecule has 0 aliphatic carbocycles. The van der Waals surface area contributed by atoms with Gasteiger partial charge in [-0.05, 0) is 43.3 Å². The Labute approximate surface area is 167 Å². The lowest BCUT2D eigenvalue weighted by atomic mass is 10.2. The minimum Gasteiger partial charge on any atom is -0.497 e. The largest absolute Gasteiger partial charge is 0.497 e. The highest BCUT2D eigenvalue weighted by atomic mass is 79.9. The Bertz CT molecular complexity index is 899. The molecular weight excluding hydrogens is 438 g/mol. The standard InChI is InChI=1S/C18H20BrNO6S/c1-4-26-18(21)12-20(16-11-14(24-2)7-10-17(16)25-3)27(22,23)15-8-5-13(19)6-9-15/h5-11H,4,12H2,1-3H3. The molecule has 0 heterocycles. The van der Waals surface area contributed by atoms with E-state index in [0.29, 0.717) is 5.75 Å². The molecule has 0 amide bonds. The van der Waals surface area contributed by atoms with Crippen molar-refractivity contribution >= 4 is 37.6 Å². The number of carbonyl (C=O) groups is 1. The van der Waals surface area contributed by atoms with Crippen molar-refractivity contribution in [3.8, 4) is 11.5 Å². The highest BCUT2D eigenvalue weighted by Gasteiger charge is 2.30. The van der Waals surface area contributed by atoms with Crippen LogP contribution in [-0.4, -0.2) is 41.8 Å². The molecule has 0 saturated carbocycles. The van der Waals surface area contributed by atoms with Gasteiger partial charge in [0.25, 0.3) is 10.0 Å². The van der Waals surface area contributed by atoms with Crippen molar-refractivity contribution in [2.75, 3.05) is 31.7 Å². The second-order valence-electron chi connectivity index (χ2n) is 5.31. The molecule has 0 radical (unpaired) electrons. The van der Waals surface area contributed by atoms with Gasteiger partial charge in [-0.25, -0.2) is 8.42 Å². The Kier molecular flexibility index (Phi) is 7.09. The van der Waals surface area contributed by atoms with Crippen LogP contribution in [0.4, 0.5) is 5.69 Å². The van der Waals surface area contributed by atoms with E-state index in [0.717, 1.165) is 8.78 Å². The van der Waals surface area contributed by atoms with Crippen molar-refractivity contribution in [1.82, 2.24) is 0 Å². The van der Waals surface area contributed by atoms with Gasteiger partial charge in [0.2, 0.25) is 0 Å². The van der Waals surface area contributed by atoms with Crippen molar-refractivity contribution in [2.24, 2.45) is 0 Å². The molecule has 0 fully saturated rings. The molecule has 7 nitrogen and oxygen atoms in total. The van der Waals surface area contributed by atoms with Gasteiger partial charge in [-0.15, -0.1) is 0 Å². The third-order valence-corrected chi connectivity index (χ3v) is 5.94. The van der Waals surface area contributed by atoms with Gasteiger partial charge in [-0.3, -0.25) is 9.10 Å². The van der Waals surface area contributed by atoms with E-state index >= 15 is 0 Å². The highest BCUT2D eigenvalue weighted by molar-refractivity contribution is 9.10. The summed E-state index contributed by atoms with van der Waals surface area (Å²) in [5.41, 5.74) is 0.174. The lowest BCUT2D eigenvalue weighted by Gasteiger charge is -2.25. The smallest absolute Gasteiger partial charge is 0.326 e. The van der Waals surface area contributed by atoms with Crippen LogP contribution in [-0.2, 0) is 19.6 Å². The van der Waals surface area contributed by atoms with Gasteiger partial charge in [0, 0.05) is 10.5 Å². The maximum Gasteiger partial charge on any atom is 0.326 e.